The molecule has 0 aliphatic carbocycles. The average molecular weight is 478 g/mol. The molecule has 1 aliphatic rings. The quantitative estimate of drug-likeness (QED) is 0.310. The molecule has 1 fully saturated rings. The van der Waals surface area contributed by atoms with Crippen molar-refractivity contribution < 1.29 is 14.0 Å². The maximum atomic E-state index is 5.89. The largest absolute Gasteiger partial charge is 0.497 e. The molecule has 1 aliphatic heterocycles. The van der Waals surface area contributed by atoms with E-state index in [1.54, 1.807) is 7.11 Å². The highest BCUT2D eigenvalue weighted by molar-refractivity contribution is 7.98. The van der Waals surface area contributed by atoms with Crippen LogP contribution in [0.1, 0.15) is 31.2 Å². The molecular formula is C25H27N5O3S. The Balaban J connectivity index is 1.34. The van der Waals surface area contributed by atoms with E-state index in [2.05, 4.69) is 44.0 Å². The van der Waals surface area contributed by atoms with Gasteiger partial charge in [-0.15, -0.1) is 10.2 Å². The van der Waals surface area contributed by atoms with Crippen molar-refractivity contribution in [1.29, 1.82) is 0 Å². The van der Waals surface area contributed by atoms with Crippen molar-refractivity contribution >= 4 is 11.8 Å². The second-order valence-electron chi connectivity index (χ2n) is 8.13. The first kappa shape index (κ1) is 22.6. The molecule has 0 radical (unpaired) electrons. The first-order valence-corrected chi connectivity index (χ1v) is 12.5. The third-order valence-electron chi connectivity index (χ3n) is 5.89. The van der Waals surface area contributed by atoms with Gasteiger partial charge in [0.15, 0.2) is 11.0 Å². The third kappa shape index (κ3) is 5.00. The highest BCUT2D eigenvalue weighted by Gasteiger charge is 2.22. The molecule has 3 heterocycles. The molecule has 0 saturated carbocycles. The number of thioether (sulfide) groups is 1. The molecule has 0 amide bonds. The van der Waals surface area contributed by atoms with Gasteiger partial charge >= 0.3 is 0 Å². The van der Waals surface area contributed by atoms with E-state index >= 15 is 0 Å². The lowest BCUT2D eigenvalue weighted by atomic mass is 10.1. The van der Waals surface area contributed by atoms with Gasteiger partial charge in [0.25, 0.3) is 0 Å². The van der Waals surface area contributed by atoms with Crippen LogP contribution in [0.5, 0.6) is 5.75 Å². The Morgan fingerprint density at radius 2 is 1.85 bits per heavy atom. The number of benzene rings is 2. The SMILES string of the molecule is CCc1ccc(-c2noc(CSc3nnc(-c4ccc(OC)cc4)n3C[C@H]3CCCO3)n2)cc1. The van der Waals surface area contributed by atoms with Gasteiger partial charge in [-0.05, 0) is 49.1 Å². The molecule has 0 N–H and O–H groups in total. The van der Waals surface area contributed by atoms with Crippen LogP contribution in [0.4, 0.5) is 0 Å². The molecule has 5 rings (SSSR count). The smallest absolute Gasteiger partial charge is 0.237 e. The zero-order valence-electron chi connectivity index (χ0n) is 19.3. The number of ether oxygens (including phenoxy) is 2. The van der Waals surface area contributed by atoms with Gasteiger partial charge in [0.2, 0.25) is 11.7 Å². The van der Waals surface area contributed by atoms with Gasteiger partial charge < -0.3 is 14.0 Å². The number of hydrogen-bond acceptors (Lipinski definition) is 8. The summed E-state index contributed by atoms with van der Waals surface area (Å²) in [7, 11) is 1.66. The van der Waals surface area contributed by atoms with Crippen LogP contribution in [0.2, 0.25) is 0 Å². The highest BCUT2D eigenvalue weighted by Crippen LogP contribution is 2.29. The molecule has 0 unspecified atom stereocenters. The molecule has 9 heteroatoms. The Bertz CT molecular complexity index is 1210. The van der Waals surface area contributed by atoms with Crippen LogP contribution >= 0.6 is 11.8 Å². The van der Waals surface area contributed by atoms with Crippen LogP contribution in [0.25, 0.3) is 22.8 Å². The van der Waals surface area contributed by atoms with Gasteiger partial charge in [-0.1, -0.05) is 48.1 Å². The van der Waals surface area contributed by atoms with Gasteiger partial charge in [-0.25, -0.2) is 0 Å². The van der Waals surface area contributed by atoms with Crippen molar-refractivity contribution in [2.75, 3.05) is 13.7 Å². The first-order chi connectivity index (χ1) is 16.7. The Morgan fingerprint density at radius 3 is 2.56 bits per heavy atom. The minimum absolute atomic E-state index is 0.161. The summed E-state index contributed by atoms with van der Waals surface area (Å²) in [4.78, 5) is 4.57. The summed E-state index contributed by atoms with van der Waals surface area (Å²) >= 11 is 1.53. The number of aromatic nitrogens is 5. The summed E-state index contributed by atoms with van der Waals surface area (Å²) in [6, 6.07) is 16.1. The predicted octanol–water partition coefficient (Wildman–Crippen LogP) is 5.04. The molecule has 2 aromatic heterocycles. The lowest BCUT2D eigenvalue weighted by molar-refractivity contribution is 0.0953. The van der Waals surface area contributed by atoms with Gasteiger partial charge in [-0.2, -0.15) is 4.98 Å². The van der Waals surface area contributed by atoms with Crippen LogP contribution < -0.4 is 4.74 Å². The zero-order chi connectivity index (χ0) is 23.3. The number of rotatable bonds is 9. The summed E-state index contributed by atoms with van der Waals surface area (Å²) in [5.74, 6) is 3.27. The molecule has 176 valence electrons. The molecule has 8 nitrogen and oxygen atoms in total. The van der Waals surface area contributed by atoms with Gasteiger partial charge in [0.05, 0.1) is 25.5 Å². The van der Waals surface area contributed by atoms with Crippen LogP contribution in [-0.2, 0) is 23.5 Å². The molecule has 1 saturated heterocycles. The molecular weight excluding hydrogens is 450 g/mol. The van der Waals surface area contributed by atoms with Crippen molar-refractivity contribution in [2.45, 2.75) is 49.7 Å². The molecule has 34 heavy (non-hydrogen) atoms. The lowest BCUT2D eigenvalue weighted by Crippen LogP contribution is -2.16. The minimum atomic E-state index is 0.161. The summed E-state index contributed by atoms with van der Waals surface area (Å²) in [5, 5.41) is 13.9. The van der Waals surface area contributed by atoms with Crippen LogP contribution in [0.3, 0.4) is 0 Å². The van der Waals surface area contributed by atoms with Crippen LogP contribution in [0.15, 0.2) is 58.2 Å². The van der Waals surface area contributed by atoms with Crippen LogP contribution in [0, 0.1) is 0 Å². The van der Waals surface area contributed by atoms with E-state index < -0.39 is 0 Å². The lowest BCUT2D eigenvalue weighted by Gasteiger charge is -2.14. The number of aryl methyl sites for hydroxylation is 1. The van der Waals surface area contributed by atoms with E-state index in [1.807, 2.05) is 36.4 Å². The van der Waals surface area contributed by atoms with E-state index in [4.69, 9.17) is 14.0 Å². The summed E-state index contributed by atoms with van der Waals surface area (Å²) in [6.07, 6.45) is 3.28. The third-order valence-corrected chi connectivity index (χ3v) is 6.84. The van der Waals surface area contributed by atoms with E-state index in [0.29, 0.717) is 24.0 Å². The Kier molecular flexibility index (Phi) is 6.92. The second kappa shape index (κ2) is 10.4. The first-order valence-electron chi connectivity index (χ1n) is 11.5. The summed E-state index contributed by atoms with van der Waals surface area (Å²) in [6.45, 7) is 3.64. The minimum Gasteiger partial charge on any atom is -0.497 e. The van der Waals surface area contributed by atoms with Gasteiger partial charge in [0, 0.05) is 17.7 Å². The monoisotopic (exact) mass is 477 g/mol. The fourth-order valence-corrected chi connectivity index (χ4v) is 4.74. The standard InChI is InChI=1S/C25H27N5O3S/c1-3-17-6-8-18(9-7-17)23-26-22(33-29-23)16-34-25-28-27-24(19-10-12-20(31-2)13-11-19)30(25)15-21-5-4-14-32-21/h6-13,21H,3-5,14-16H2,1-2H3/t21-/m1/s1. The van der Waals surface area contributed by atoms with E-state index in [0.717, 1.165) is 53.7 Å². The molecule has 0 spiro atoms. The number of nitrogens with zero attached hydrogens (tertiary/aromatic N) is 5. The Labute approximate surface area is 202 Å². The zero-order valence-corrected chi connectivity index (χ0v) is 20.1. The maximum Gasteiger partial charge on any atom is 0.237 e. The van der Waals surface area contributed by atoms with Crippen molar-refractivity contribution in [3.05, 3.63) is 60.0 Å². The molecule has 1 atom stereocenters. The Hall–Kier alpha value is -3.17. The topological polar surface area (TPSA) is 88.1 Å². The Morgan fingerprint density at radius 1 is 1.06 bits per heavy atom. The van der Waals surface area contributed by atoms with Crippen molar-refractivity contribution in [3.63, 3.8) is 0 Å². The summed E-state index contributed by atoms with van der Waals surface area (Å²) < 4.78 is 18.8. The second-order valence-corrected chi connectivity index (χ2v) is 9.07. The average Bonchev–Trinajstić information content (AvgIpc) is 3.65. The van der Waals surface area contributed by atoms with Crippen molar-refractivity contribution in [2.24, 2.45) is 0 Å². The van der Waals surface area contributed by atoms with E-state index in [1.165, 1.54) is 17.3 Å². The van der Waals surface area contributed by atoms with Crippen LogP contribution in [-0.4, -0.2) is 44.7 Å². The molecule has 4 aromatic rings. The van der Waals surface area contributed by atoms with Gasteiger partial charge in [0.1, 0.15) is 5.75 Å². The number of methoxy groups -OCH3 is 1. The van der Waals surface area contributed by atoms with E-state index in [-0.39, 0.29) is 6.10 Å². The predicted molar refractivity (Wildman–Crippen MR) is 130 cm³/mol. The molecule has 0 bridgehead atoms. The van der Waals surface area contributed by atoms with Crippen molar-refractivity contribution in [1.82, 2.24) is 24.9 Å². The summed E-state index contributed by atoms with van der Waals surface area (Å²) in [5.41, 5.74) is 3.20. The fourth-order valence-electron chi connectivity index (χ4n) is 3.95. The fraction of sp³-hybridized carbons (Fsp3) is 0.360. The number of hydrogen-bond donors (Lipinski definition) is 0. The highest BCUT2D eigenvalue weighted by atomic mass is 32.2. The van der Waals surface area contributed by atoms with Gasteiger partial charge in [-0.3, -0.25) is 4.57 Å². The van der Waals surface area contributed by atoms with E-state index in [9.17, 15) is 0 Å². The maximum absolute atomic E-state index is 5.89. The normalized spacial score (nSPS) is 15.6. The van der Waals surface area contributed by atoms with Crippen molar-refractivity contribution in [3.8, 4) is 28.5 Å². The molecule has 2 aromatic carbocycles.